The van der Waals surface area contributed by atoms with Crippen LogP contribution in [0.25, 0.3) is 0 Å². The third kappa shape index (κ3) is 15.3. The molecule has 0 aromatic heterocycles. The largest absolute Gasteiger partial charge is 1.00 e. The summed E-state index contributed by atoms with van der Waals surface area (Å²) in [5.74, 6) is 0. The van der Waals surface area contributed by atoms with Crippen molar-refractivity contribution in [3.05, 3.63) is 0 Å². The minimum absolute atomic E-state index is 0. The zero-order valence-electron chi connectivity index (χ0n) is 12.0. The molecule has 0 aliphatic heterocycles. The number of likely N-dealkylation sites (N-methyl/N-ethyl adjacent to an activating group) is 2. The first kappa shape index (κ1) is 23.2. The van der Waals surface area contributed by atoms with Crippen molar-refractivity contribution < 1.29 is 62.1 Å². The topological polar surface area (TPSA) is 125 Å². The van der Waals surface area contributed by atoms with Crippen molar-refractivity contribution in [2.45, 2.75) is 0 Å². The molecule has 0 bridgehead atoms. The molecule has 0 fully saturated rings. The SMILES string of the molecule is C[NH+](CC[N+](C)(C)CCP(=O)([O-])O)CCP(=O)([O-])O.[I-]. The summed E-state index contributed by atoms with van der Waals surface area (Å²) in [6.07, 6.45) is -0.538. The van der Waals surface area contributed by atoms with Crippen LogP contribution in [-0.4, -0.2) is 73.9 Å². The Labute approximate surface area is 137 Å². The van der Waals surface area contributed by atoms with Gasteiger partial charge in [-0.1, -0.05) is 0 Å². The second-order valence-electron chi connectivity index (χ2n) is 5.56. The second-order valence-corrected chi connectivity index (χ2v) is 9.01. The highest BCUT2D eigenvalue weighted by atomic mass is 127. The van der Waals surface area contributed by atoms with Gasteiger partial charge in [-0.25, -0.2) is 0 Å². The van der Waals surface area contributed by atoms with Crippen LogP contribution >= 0.6 is 15.2 Å². The van der Waals surface area contributed by atoms with E-state index in [1.54, 1.807) is 7.05 Å². The van der Waals surface area contributed by atoms with E-state index < -0.39 is 15.2 Å². The first-order chi connectivity index (χ1) is 8.31. The number of hydrogen-bond donors (Lipinski definition) is 3. The van der Waals surface area contributed by atoms with Gasteiger partial charge >= 0.3 is 0 Å². The number of hydrogen-bond acceptors (Lipinski definition) is 4. The van der Waals surface area contributed by atoms with Crippen LogP contribution in [0.1, 0.15) is 0 Å². The van der Waals surface area contributed by atoms with E-state index in [1.165, 1.54) is 0 Å². The minimum atomic E-state index is -4.23. The average molecular weight is 445 g/mol. The van der Waals surface area contributed by atoms with Crippen LogP contribution in [-0.2, 0) is 9.13 Å². The summed E-state index contributed by atoms with van der Waals surface area (Å²) in [6, 6.07) is 0. The van der Waals surface area contributed by atoms with E-state index in [2.05, 4.69) is 0 Å². The Morgan fingerprint density at radius 3 is 1.85 bits per heavy atom. The molecule has 3 N–H and O–H groups in total. The van der Waals surface area contributed by atoms with E-state index in [-0.39, 0.29) is 36.3 Å². The van der Waals surface area contributed by atoms with Crippen molar-refractivity contribution in [2.24, 2.45) is 0 Å². The average Bonchev–Trinajstić information content (AvgIpc) is 2.19. The van der Waals surface area contributed by atoms with E-state index in [0.717, 1.165) is 4.90 Å². The van der Waals surface area contributed by atoms with Crippen molar-refractivity contribution in [3.63, 3.8) is 0 Å². The Morgan fingerprint density at radius 2 is 1.45 bits per heavy atom. The van der Waals surface area contributed by atoms with Gasteiger partial charge in [0.25, 0.3) is 0 Å². The Morgan fingerprint density at radius 1 is 1.00 bits per heavy atom. The van der Waals surface area contributed by atoms with Gasteiger partial charge < -0.3 is 62.1 Å². The Kier molecular flexibility index (Phi) is 10.6. The highest BCUT2D eigenvalue weighted by molar-refractivity contribution is 7.50. The van der Waals surface area contributed by atoms with Crippen LogP contribution in [0.2, 0.25) is 0 Å². The van der Waals surface area contributed by atoms with Crippen LogP contribution in [0.15, 0.2) is 0 Å². The van der Waals surface area contributed by atoms with Crippen LogP contribution in [0, 0.1) is 0 Å². The molecule has 0 aliphatic carbocycles. The van der Waals surface area contributed by atoms with Crippen molar-refractivity contribution in [3.8, 4) is 0 Å². The van der Waals surface area contributed by atoms with Gasteiger partial charge in [0.15, 0.2) is 0 Å². The number of quaternary nitrogens is 2. The summed E-state index contributed by atoms with van der Waals surface area (Å²) in [5.41, 5.74) is 0. The molecule has 20 heavy (non-hydrogen) atoms. The van der Waals surface area contributed by atoms with Crippen LogP contribution < -0.4 is 38.7 Å². The molecular formula is C9H24IN2O6P2-. The predicted octanol–water partition coefficient (Wildman–Crippen LogP) is -6.33. The highest BCUT2D eigenvalue weighted by Gasteiger charge is 2.20. The molecule has 3 atom stereocenters. The highest BCUT2D eigenvalue weighted by Crippen LogP contribution is 2.28. The molecule has 0 saturated heterocycles. The molecular weight excluding hydrogens is 421 g/mol. The summed E-state index contributed by atoms with van der Waals surface area (Å²) in [4.78, 5) is 39.6. The van der Waals surface area contributed by atoms with Gasteiger partial charge in [0.05, 0.1) is 46.6 Å². The summed E-state index contributed by atoms with van der Waals surface area (Å²) in [6.45, 7) is 1.88. The van der Waals surface area contributed by atoms with E-state index in [4.69, 9.17) is 9.79 Å². The smallest absolute Gasteiger partial charge is 0.138 e. The number of nitrogens with zero attached hydrogens (tertiary/aromatic N) is 1. The Balaban J connectivity index is 0. The van der Waals surface area contributed by atoms with Gasteiger partial charge in [0, 0.05) is 0 Å². The van der Waals surface area contributed by atoms with Gasteiger partial charge in [-0.3, -0.25) is 0 Å². The normalized spacial score (nSPS) is 19.6. The van der Waals surface area contributed by atoms with Crippen LogP contribution in [0.5, 0.6) is 0 Å². The maximum absolute atomic E-state index is 10.7. The molecule has 8 nitrogen and oxygen atoms in total. The minimum Gasteiger partial charge on any atom is -1.00 e. The Hall–Kier alpha value is 0.950. The van der Waals surface area contributed by atoms with Crippen LogP contribution in [0.4, 0.5) is 0 Å². The lowest BCUT2D eigenvalue weighted by Gasteiger charge is -2.32. The van der Waals surface area contributed by atoms with Crippen molar-refractivity contribution >= 4 is 15.2 Å². The van der Waals surface area contributed by atoms with Gasteiger partial charge in [-0.15, -0.1) is 0 Å². The van der Waals surface area contributed by atoms with Crippen LogP contribution in [0.3, 0.4) is 0 Å². The molecule has 0 spiro atoms. The van der Waals surface area contributed by atoms with Crippen molar-refractivity contribution in [2.75, 3.05) is 59.6 Å². The number of nitrogens with one attached hydrogen (secondary N) is 1. The number of halogens is 1. The van der Waals surface area contributed by atoms with Gasteiger partial charge in [0.2, 0.25) is 0 Å². The van der Waals surface area contributed by atoms with E-state index >= 15 is 0 Å². The van der Waals surface area contributed by atoms with Gasteiger partial charge in [0.1, 0.15) is 28.3 Å². The molecule has 0 heterocycles. The number of rotatable bonds is 9. The summed E-state index contributed by atoms with van der Waals surface area (Å²) in [5, 5.41) is 0. The standard InChI is InChI=1S/C9H24N2O6P2.HI/c1-10(5-8-18(12,13)14)4-6-11(2,3)7-9-19(15,16)17;/h4-9H2,1-3H3,(H3-,12,13,14,15,16,17);1H/p-1. The van der Waals surface area contributed by atoms with Crippen molar-refractivity contribution in [1.29, 1.82) is 0 Å². The zero-order valence-corrected chi connectivity index (χ0v) is 15.9. The monoisotopic (exact) mass is 445 g/mol. The predicted molar refractivity (Wildman–Crippen MR) is 67.8 cm³/mol. The molecule has 0 radical (unpaired) electrons. The summed E-state index contributed by atoms with van der Waals surface area (Å²) in [7, 11) is -2.95. The fourth-order valence-corrected chi connectivity index (χ4v) is 2.92. The van der Waals surface area contributed by atoms with Gasteiger partial charge in [-0.05, 0) is 0 Å². The molecule has 0 aromatic carbocycles. The van der Waals surface area contributed by atoms with Crippen molar-refractivity contribution in [1.82, 2.24) is 0 Å². The molecule has 11 heteroatoms. The third-order valence-electron chi connectivity index (χ3n) is 2.95. The third-order valence-corrected chi connectivity index (χ3v) is 4.51. The zero-order chi connectivity index (χ0) is 15.3. The first-order valence-corrected chi connectivity index (χ1v) is 9.52. The molecule has 0 aliphatic rings. The van der Waals surface area contributed by atoms with E-state index in [0.29, 0.717) is 30.7 Å². The van der Waals surface area contributed by atoms with Gasteiger partial charge in [-0.2, -0.15) is 0 Å². The lowest BCUT2D eigenvalue weighted by atomic mass is 10.4. The molecule has 3 unspecified atom stereocenters. The Bertz CT molecular complexity index is 369. The maximum atomic E-state index is 10.7. The fraction of sp³-hybridized carbons (Fsp3) is 1.00. The molecule has 0 amide bonds. The lowest BCUT2D eigenvalue weighted by molar-refractivity contribution is -0.940. The lowest BCUT2D eigenvalue weighted by Crippen LogP contribution is -3.10. The van der Waals surface area contributed by atoms with E-state index in [9.17, 15) is 18.9 Å². The maximum Gasteiger partial charge on any atom is 0.138 e. The van der Waals surface area contributed by atoms with E-state index in [1.807, 2.05) is 14.1 Å². The summed E-state index contributed by atoms with van der Waals surface area (Å²) >= 11 is 0. The molecule has 0 rings (SSSR count). The second kappa shape index (κ2) is 9.17. The first-order valence-electron chi connectivity index (χ1n) is 6.00. The fourth-order valence-electron chi connectivity index (χ4n) is 1.46. The quantitative estimate of drug-likeness (QED) is 0.184. The molecule has 0 aromatic rings. The molecule has 0 saturated carbocycles. The summed E-state index contributed by atoms with van der Waals surface area (Å²) < 4.78 is 21.7. The molecule has 124 valence electrons.